The van der Waals surface area contributed by atoms with Crippen molar-refractivity contribution in [2.45, 2.75) is 12.8 Å². The largest absolute Gasteiger partial charge is 0.504 e. The van der Waals surface area contributed by atoms with Crippen LogP contribution in [0.25, 0.3) is 11.6 Å². The predicted molar refractivity (Wildman–Crippen MR) is 114 cm³/mol. The van der Waals surface area contributed by atoms with Crippen LogP contribution in [0.2, 0.25) is 0 Å². The Labute approximate surface area is 182 Å². The Morgan fingerprint density at radius 3 is 2.47 bits per heavy atom. The second-order valence-corrected chi connectivity index (χ2v) is 6.82. The molecule has 0 spiro atoms. The van der Waals surface area contributed by atoms with Gasteiger partial charge in [0.1, 0.15) is 12.4 Å². The van der Waals surface area contributed by atoms with E-state index in [1.807, 2.05) is 0 Å². The molecule has 32 heavy (non-hydrogen) atoms. The topological polar surface area (TPSA) is 81.8 Å². The summed E-state index contributed by atoms with van der Waals surface area (Å²) in [4.78, 5) is 12.2. The quantitative estimate of drug-likeness (QED) is 0.397. The van der Waals surface area contributed by atoms with Gasteiger partial charge in [0.25, 0.3) is 0 Å². The summed E-state index contributed by atoms with van der Waals surface area (Å²) in [7, 11) is 1.42. The summed E-state index contributed by atoms with van der Waals surface area (Å²) in [6.07, 6.45) is -2.98. The van der Waals surface area contributed by atoms with Crippen molar-refractivity contribution in [1.29, 1.82) is 0 Å². The number of ether oxygens (including phenoxy) is 2. The third-order valence-corrected chi connectivity index (χ3v) is 4.64. The van der Waals surface area contributed by atoms with E-state index in [4.69, 9.17) is 15.2 Å². The van der Waals surface area contributed by atoms with Crippen molar-refractivity contribution in [3.05, 3.63) is 89.0 Å². The van der Waals surface area contributed by atoms with E-state index in [2.05, 4.69) is 0 Å². The molecule has 0 atom stereocenters. The lowest BCUT2D eigenvalue weighted by atomic mass is 9.97. The first-order valence-electron chi connectivity index (χ1n) is 9.46. The molecule has 0 bridgehead atoms. The number of benzene rings is 3. The van der Waals surface area contributed by atoms with Crippen molar-refractivity contribution < 1.29 is 32.5 Å². The molecule has 0 aliphatic rings. The van der Waals surface area contributed by atoms with E-state index in [-0.39, 0.29) is 29.4 Å². The van der Waals surface area contributed by atoms with Gasteiger partial charge in [0.15, 0.2) is 11.5 Å². The number of hydrogen-bond donors (Lipinski definition) is 2. The van der Waals surface area contributed by atoms with Crippen molar-refractivity contribution in [2.75, 3.05) is 7.11 Å². The molecule has 0 fully saturated rings. The number of hydrogen-bond acceptors (Lipinski definition) is 4. The maximum atomic E-state index is 12.9. The Hall–Kier alpha value is -3.94. The molecule has 3 aromatic rings. The molecule has 0 radical (unpaired) electrons. The maximum Gasteiger partial charge on any atom is 0.416 e. The summed E-state index contributed by atoms with van der Waals surface area (Å²) in [5, 5.41) is 9.99. The van der Waals surface area contributed by atoms with Gasteiger partial charge in [-0.3, -0.25) is 4.79 Å². The average Bonchev–Trinajstić information content (AvgIpc) is 2.76. The predicted octanol–water partition coefficient (Wildman–Crippen LogP) is 5.02. The fourth-order valence-corrected chi connectivity index (χ4v) is 3.08. The molecule has 0 aliphatic heterocycles. The van der Waals surface area contributed by atoms with Crippen molar-refractivity contribution in [3.63, 3.8) is 0 Å². The van der Waals surface area contributed by atoms with Gasteiger partial charge in [-0.25, -0.2) is 0 Å². The second-order valence-electron chi connectivity index (χ2n) is 6.82. The molecule has 0 saturated carbocycles. The van der Waals surface area contributed by atoms with Crippen LogP contribution in [0.15, 0.2) is 66.7 Å². The summed E-state index contributed by atoms with van der Waals surface area (Å²) in [5.74, 6) is -0.505. The summed E-state index contributed by atoms with van der Waals surface area (Å²) in [6.45, 7) is -0.0873. The molecular weight excluding hydrogens is 423 g/mol. The van der Waals surface area contributed by atoms with Crippen LogP contribution in [-0.4, -0.2) is 18.1 Å². The number of rotatable bonds is 7. The number of amides is 1. The molecule has 3 rings (SSSR count). The molecule has 5 nitrogen and oxygen atoms in total. The highest BCUT2D eigenvalue weighted by atomic mass is 19.4. The number of phenolic OH excluding ortho intramolecular Hbond substituents is 1. The average molecular weight is 443 g/mol. The molecule has 8 heteroatoms. The van der Waals surface area contributed by atoms with Gasteiger partial charge in [-0.1, -0.05) is 36.4 Å². The molecule has 0 saturated heterocycles. The first kappa shape index (κ1) is 22.7. The lowest BCUT2D eigenvalue weighted by molar-refractivity contribution is -0.137. The summed E-state index contributed by atoms with van der Waals surface area (Å²) < 4.78 is 49.4. The van der Waals surface area contributed by atoms with Crippen molar-refractivity contribution in [2.24, 2.45) is 5.73 Å². The Morgan fingerprint density at radius 2 is 1.81 bits per heavy atom. The van der Waals surface area contributed by atoms with Crippen LogP contribution in [0.5, 0.6) is 17.2 Å². The van der Waals surface area contributed by atoms with Gasteiger partial charge in [-0.15, -0.1) is 0 Å². The van der Waals surface area contributed by atoms with E-state index in [0.29, 0.717) is 16.7 Å². The molecule has 1 amide bonds. The fraction of sp³-hybridized carbons (Fsp3) is 0.125. The van der Waals surface area contributed by atoms with Crippen LogP contribution in [0.3, 0.4) is 0 Å². The normalized spacial score (nSPS) is 11.8. The molecule has 0 aromatic heterocycles. The number of nitrogens with two attached hydrogens (primary N) is 1. The first-order chi connectivity index (χ1) is 15.2. The third-order valence-electron chi connectivity index (χ3n) is 4.64. The molecular formula is C24H20F3NO4. The lowest BCUT2D eigenvalue weighted by Gasteiger charge is -2.14. The van der Waals surface area contributed by atoms with Crippen molar-refractivity contribution in [3.8, 4) is 17.2 Å². The minimum absolute atomic E-state index is 0.0410. The molecule has 0 heterocycles. The highest BCUT2D eigenvalue weighted by molar-refractivity contribution is 6.23. The van der Waals surface area contributed by atoms with Crippen molar-refractivity contribution >= 4 is 17.6 Å². The smallest absolute Gasteiger partial charge is 0.416 e. The Kier molecular flexibility index (Phi) is 6.73. The zero-order valence-corrected chi connectivity index (χ0v) is 17.0. The van der Waals surface area contributed by atoms with Crippen LogP contribution in [-0.2, 0) is 17.6 Å². The van der Waals surface area contributed by atoms with E-state index in [1.165, 1.54) is 31.4 Å². The minimum Gasteiger partial charge on any atom is -0.504 e. The number of primary amides is 1. The summed E-state index contributed by atoms with van der Waals surface area (Å²) >= 11 is 0. The SMILES string of the molecule is COc1ccc(/C=C(/C(N)=O)c2ccccc2COc2cccc(C(F)(F)F)c2)cc1O. The summed E-state index contributed by atoms with van der Waals surface area (Å²) in [5.41, 5.74) is 6.44. The van der Waals surface area contributed by atoms with E-state index in [0.717, 1.165) is 12.1 Å². The van der Waals surface area contributed by atoms with Gasteiger partial charge in [0, 0.05) is 5.57 Å². The number of methoxy groups -OCH3 is 1. The molecule has 166 valence electrons. The van der Waals surface area contributed by atoms with Gasteiger partial charge in [-0.05, 0) is 53.1 Å². The molecule has 0 aliphatic carbocycles. The van der Waals surface area contributed by atoms with Gasteiger partial charge >= 0.3 is 6.18 Å². The van der Waals surface area contributed by atoms with Crippen LogP contribution in [0.1, 0.15) is 22.3 Å². The van der Waals surface area contributed by atoms with E-state index in [1.54, 1.807) is 36.4 Å². The first-order valence-corrected chi connectivity index (χ1v) is 9.46. The van der Waals surface area contributed by atoms with Crippen LogP contribution in [0, 0.1) is 0 Å². The van der Waals surface area contributed by atoms with Gasteiger partial charge in [-0.2, -0.15) is 13.2 Å². The number of aromatic hydroxyl groups is 1. The zero-order valence-electron chi connectivity index (χ0n) is 17.0. The van der Waals surface area contributed by atoms with E-state index < -0.39 is 17.6 Å². The standard InChI is InChI=1S/C24H20F3NO4/c1-31-22-10-9-15(12-21(22)29)11-20(23(28)30)19-8-3-2-5-16(19)14-32-18-7-4-6-17(13-18)24(25,26)27/h2-13,29H,14H2,1H3,(H2,28,30)/b20-11+. The summed E-state index contributed by atoms with van der Waals surface area (Å²) in [6, 6.07) is 15.9. The number of phenols is 1. The van der Waals surface area contributed by atoms with Crippen LogP contribution < -0.4 is 15.2 Å². The second kappa shape index (κ2) is 9.47. The number of alkyl halides is 3. The number of halogens is 3. The molecule has 3 aromatic carbocycles. The zero-order chi connectivity index (χ0) is 23.3. The maximum absolute atomic E-state index is 12.9. The molecule has 0 unspecified atom stereocenters. The minimum atomic E-state index is -4.48. The van der Waals surface area contributed by atoms with Gasteiger partial charge < -0.3 is 20.3 Å². The third kappa shape index (κ3) is 5.40. The Morgan fingerprint density at radius 1 is 1.06 bits per heavy atom. The van der Waals surface area contributed by atoms with Crippen LogP contribution >= 0.6 is 0 Å². The highest BCUT2D eigenvalue weighted by Gasteiger charge is 2.30. The Balaban J connectivity index is 1.92. The Bertz CT molecular complexity index is 1160. The van der Waals surface area contributed by atoms with E-state index in [9.17, 15) is 23.1 Å². The molecule has 3 N–H and O–H groups in total. The fourth-order valence-electron chi connectivity index (χ4n) is 3.08. The van der Waals surface area contributed by atoms with E-state index >= 15 is 0 Å². The van der Waals surface area contributed by atoms with Crippen LogP contribution in [0.4, 0.5) is 13.2 Å². The van der Waals surface area contributed by atoms with Crippen molar-refractivity contribution in [1.82, 2.24) is 0 Å². The van der Waals surface area contributed by atoms with Gasteiger partial charge in [0.2, 0.25) is 5.91 Å². The monoisotopic (exact) mass is 443 g/mol. The number of carbonyl (C=O) groups is 1. The highest BCUT2D eigenvalue weighted by Crippen LogP contribution is 2.32. The number of carbonyl (C=O) groups excluding carboxylic acids is 1. The van der Waals surface area contributed by atoms with Gasteiger partial charge in [0.05, 0.1) is 12.7 Å². The lowest BCUT2D eigenvalue weighted by Crippen LogP contribution is -2.14.